The molecular weight excluding hydrogens is 186 g/mol. The van der Waals surface area contributed by atoms with Crippen molar-refractivity contribution in [3.05, 3.63) is 18.1 Å². The molecule has 1 aromatic heterocycles. The number of hydrogen-bond donors (Lipinski definition) is 4. The summed E-state index contributed by atoms with van der Waals surface area (Å²) < 4.78 is 0. The lowest BCUT2D eigenvalue weighted by Gasteiger charge is -1.99. The Bertz CT molecular complexity index is 361. The molecule has 0 atom stereocenters. The SMILES string of the molecule is NNC=Nc1nccnc1/C(N)=N/O. The van der Waals surface area contributed by atoms with Gasteiger partial charge in [-0.3, -0.25) is 0 Å². The molecule has 8 nitrogen and oxygen atoms in total. The summed E-state index contributed by atoms with van der Waals surface area (Å²) in [6.45, 7) is 0. The number of hydrogen-bond acceptors (Lipinski definition) is 6. The van der Waals surface area contributed by atoms with E-state index in [2.05, 4.69) is 25.5 Å². The minimum atomic E-state index is -0.165. The highest BCUT2D eigenvalue weighted by atomic mass is 16.4. The van der Waals surface area contributed by atoms with Crippen LogP contribution in [-0.2, 0) is 0 Å². The van der Waals surface area contributed by atoms with Crippen molar-refractivity contribution in [3.63, 3.8) is 0 Å². The maximum Gasteiger partial charge on any atom is 0.192 e. The Morgan fingerprint density at radius 1 is 1.50 bits per heavy atom. The number of oxime groups is 1. The molecule has 0 saturated carbocycles. The van der Waals surface area contributed by atoms with Crippen LogP contribution in [0.5, 0.6) is 0 Å². The predicted molar refractivity (Wildman–Crippen MR) is 50.0 cm³/mol. The Balaban J connectivity index is 3.09. The fourth-order valence-corrected chi connectivity index (χ4v) is 0.752. The second-order valence-corrected chi connectivity index (χ2v) is 2.14. The lowest BCUT2D eigenvalue weighted by Crippen LogP contribution is -2.19. The predicted octanol–water partition coefficient (Wildman–Crippen LogP) is -1.31. The summed E-state index contributed by atoms with van der Waals surface area (Å²) in [4.78, 5) is 11.5. The number of aliphatic imine (C=N–C) groups is 1. The highest BCUT2D eigenvalue weighted by Crippen LogP contribution is 2.10. The van der Waals surface area contributed by atoms with Crippen LogP contribution in [0.2, 0.25) is 0 Å². The minimum Gasteiger partial charge on any atom is -0.409 e. The van der Waals surface area contributed by atoms with Crippen LogP contribution < -0.4 is 17.0 Å². The molecule has 0 amide bonds. The molecule has 0 radical (unpaired) electrons. The zero-order valence-corrected chi connectivity index (χ0v) is 7.12. The highest BCUT2D eigenvalue weighted by molar-refractivity contribution is 5.99. The molecule has 1 aromatic rings. The van der Waals surface area contributed by atoms with E-state index in [0.29, 0.717) is 0 Å². The number of nitrogens with one attached hydrogen (secondary N) is 1. The first-order valence-corrected chi connectivity index (χ1v) is 3.57. The van der Waals surface area contributed by atoms with Gasteiger partial charge in [0.1, 0.15) is 6.34 Å². The Morgan fingerprint density at radius 3 is 2.86 bits per heavy atom. The number of hydrazine groups is 1. The molecule has 8 heteroatoms. The Labute approximate surface area is 79.3 Å². The van der Waals surface area contributed by atoms with Crippen LogP contribution in [0.4, 0.5) is 5.82 Å². The van der Waals surface area contributed by atoms with E-state index in [-0.39, 0.29) is 17.3 Å². The third-order valence-electron chi connectivity index (χ3n) is 1.29. The van der Waals surface area contributed by atoms with Crippen LogP contribution in [0, 0.1) is 0 Å². The molecule has 0 unspecified atom stereocenters. The summed E-state index contributed by atoms with van der Waals surface area (Å²) in [5.41, 5.74) is 7.72. The second kappa shape index (κ2) is 4.72. The van der Waals surface area contributed by atoms with Crippen LogP contribution in [0.25, 0.3) is 0 Å². The first kappa shape index (κ1) is 9.86. The average molecular weight is 195 g/mol. The van der Waals surface area contributed by atoms with Gasteiger partial charge in [0.05, 0.1) is 0 Å². The molecule has 0 fully saturated rings. The molecule has 0 saturated heterocycles. The van der Waals surface area contributed by atoms with E-state index < -0.39 is 0 Å². The molecule has 0 aliphatic heterocycles. The molecule has 0 aliphatic carbocycles. The summed E-state index contributed by atoms with van der Waals surface area (Å²) in [7, 11) is 0. The van der Waals surface area contributed by atoms with E-state index in [0.717, 1.165) is 0 Å². The fraction of sp³-hybridized carbons (Fsp3) is 0. The molecule has 1 rings (SSSR count). The monoisotopic (exact) mass is 195 g/mol. The van der Waals surface area contributed by atoms with Gasteiger partial charge in [-0.25, -0.2) is 20.8 Å². The Hall–Kier alpha value is -2.22. The smallest absolute Gasteiger partial charge is 0.192 e. The minimum absolute atomic E-state index is 0.165. The summed E-state index contributed by atoms with van der Waals surface area (Å²) in [5, 5.41) is 11.2. The van der Waals surface area contributed by atoms with Gasteiger partial charge >= 0.3 is 0 Å². The van der Waals surface area contributed by atoms with Crippen LogP contribution in [-0.4, -0.2) is 27.3 Å². The first-order valence-electron chi connectivity index (χ1n) is 3.57. The Morgan fingerprint density at radius 2 is 2.21 bits per heavy atom. The molecule has 0 bridgehead atoms. The zero-order valence-electron chi connectivity index (χ0n) is 7.12. The van der Waals surface area contributed by atoms with E-state index in [4.69, 9.17) is 16.8 Å². The van der Waals surface area contributed by atoms with Crippen molar-refractivity contribution in [1.29, 1.82) is 0 Å². The van der Waals surface area contributed by atoms with Gasteiger partial charge in [0.25, 0.3) is 0 Å². The molecule has 14 heavy (non-hydrogen) atoms. The summed E-state index contributed by atoms with van der Waals surface area (Å²) in [6.07, 6.45) is 4.04. The van der Waals surface area contributed by atoms with Crippen molar-refractivity contribution in [2.24, 2.45) is 21.7 Å². The van der Waals surface area contributed by atoms with Crippen LogP contribution in [0.15, 0.2) is 22.5 Å². The number of nitrogens with zero attached hydrogens (tertiary/aromatic N) is 4. The average Bonchev–Trinajstić information content (AvgIpc) is 2.25. The standard InChI is InChI=1S/C6H9N7O/c7-5(13-14)4-6(11-3-12-8)10-2-1-9-4/h1-3,14H,8H2,(H2,7,13)(H,10,11,12). The number of aromatic nitrogens is 2. The van der Waals surface area contributed by atoms with Gasteiger partial charge in [-0.15, -0.1) is 0 Å². The Kier molecular flexibility index (Phi) is 3.33. The summed E-state index contributed by atoms with van der Waals surface area (Å²) in [6, 6.07) is 0. The molecule has 0 spiro atoms. The molecule has 6 N–H and O–H groups in total. The van der Waals surface area contributed by atoms with E-state index >= 15 is 0 Å². The van der Waals surface area contributed by atoms with Crippen LogP contribution in [0.3, 0.4) is 0 Å². The van der Waals surface area contributed by atoms with Gasteiger partial charge in [0, 0.05) is 12.4 Å². The van der Waals surface area contributed by atoms with Crippen molar-refractivity contribution < 1.29 is 5.21 Å². The highest BCUT2D eigenvalue weighted by Gasteiger charge is 2.07. The molecule has 74 valence electrons. The van der Waals surface area contributed by atoms with Crippen LogP contribution >= 0.6 is 0 Å². The van der Waals surface area contributed by atoms with Crippen molar-refractivity contribution in [1.82, 2.24) is 15.4 Å². The van der Waals surface area contributed by atoms with Crippen LogP contribution in [0.1, 0.15) is 5.69 Å². The van der Waals surface area contributed by atoms with Gasteiger partial charge in [-0.2, -0.15) is 0 Å². The van der Waals surface area contributed by atoms with Gasteiger partial charge in [0.2, 0.25) is 0 Å². The first-order chi connectivity index (χ1) is 6.79. The van der Waals surface area contributed by atoms with Gasteiger partial charge in [-0.05, 0) is 0 Å². The zero-order chi connectivity index (χ0) is 10.4. The third kappa shape index (κ3) is 2.14. The van der Waals surface area contributed by atoms with E-state index in [1.807, 2.05) is 0 Å². The number of rotatable bonds is 3. The number of amidine groups is 1. The largest absolute Gasteiger partial charge is 0.409 e. The maximum absolute atomic E-state index is 8.44. The fourth-order valence-electron chi connectivity index (χ4n) is 0.752. The summed E-state index contributed by atoms with van der Waals surface area (Å²) >= 11 is 0. The number of nitrogens with two attached hydrogens (primary N) is 2. The molecular formula is C6H9N7O. The van der Waals surface area contributed by atoms with Crippen molar-refractivity contribution in [2.45, 2.75) is 0 Å². The van der Waals surface area contributed by atoms with E-state index in [1.165, 1.54) is 18.7 Å². The topological polar surface area (TPSA) is 135 Å². The van der Waals surface area contributed by atoms with Crippen molar-refractivity contribution >= 4 is 18.0 Å². The molecule has 0 aliphatic rings. The molecule has 0 aromatic carbocycles. The van der Waals surface area contributed by atoms with Gasteiger partial charge < -0.3 is 16.4 Å². The second-order valence-electron chi connectivity index (χ2n) is 2.14. The summed E-state index contributed by atoms with van der Waals surface area (Å²) in [5.74, 6) is 5.02. The quantitative estimate of drug-likeness (QED) is 0.155. The van der Waals surface area contributed by atoms with Gasteiger partial charge in [-0.1, -0.05) is 5.16 Å². The van der Waals surface area contributed by atoms with Crippen molar-refractivity contribution in [2.75, 3.05) is 0 Å². The molecule has 1 heterocycles. The third-order valence-corrected chi connectivity index (χ3v) is 1.29. The normalized spacial score (nSPS) is 11.9. The van der Waals surface area contributed by atoms with Gasteiger partial charge in [0.15, 0.2) is 17.3 Å². The lowest BCUT2D eigenvalue weighted by atomic mass is 10.4. The van der Waals surface area contributed by atoms with E-state index in [1.54, 1.807) is 0 Å². The maximum atomic E-state index is 8.44. The lowest BCUT2D eigenvalue weighted by molar-refractivity contribution is 0.318. The van der Waals surface area contributed by atoms with Crippen molar-refractivity contribution in [3.8, 4) is 0 Å². The van der Waals surface area contributed by atoms with E-state index in [9.17, 15) is 0 Å².